The van der Waals surface area contributed by atoms with Crippen molar-refractivity contribution in [1.82, 2.24) is 9.29 Å². The molecule has 8 heteroatoms. The zero-order chi connectivity index (χ0) is 24.3. The number of pyridine rings is 1. The van der Waals surface area contributed by atoms with Crippen molar-refractivity contribution in [1.29, 1.82) is 0 Å². The molecule has 2 heterocycles. The van der Waals surface area contributed by atoms with Gasteiger partial charge in [0.15, 0.2) is 0 Å². The molecule has 1 fully saturated rings. The van der Waals surface area contributed by atoms with E-state index in [9.17, 15) is 13.6 Å². The minimum atomic E-state index is -3.15. The van der Waals surface area contributed by atoms with Crippen molar-refractivity contribution in [3.63, 3.8) is 0 Å². The van der Waals surface area contributed by atoms with Crippen LogP contribution < -0.4 is 4.90 Å². The number of sulfonamides is 1. The number of hydrogen-bond donors (Lipinski definition) is 1. The number of aromatic nitrogens is 1. The monoisotopic (exact) mass is 478 g/mol. The van der Waals surface area contributed by atoms with E-state index >= 15 is 0 Å². The van der Waals surface area contributed by atoms with Crippen molar-refractivity contribution < 1.29 is 13.6 Å². The van der Waals surface area contributed by atoms with Crippen molar-refractivity contribution in [2.75, 3.05) is 37.3 Å². The van der Waals surface area contributed by atoms with Gasteiger partial charge in [-0.15, -0.1) is 0 Å². The lowest BCUT2D eigenvalue weighted by Crippen LogP contribution is -2.48. The third kappa shape index (κ3) is 4.98. The second kappa shape index (κ2) is 9.95. The molecule has 7 nitrogen and oxygen atoms in total. The summed E-state index contributed by atoms with van der Waals surface area (Å²) in [6, 6.07) is 18.4. The molecule has 0 aliphatic carbocycles. The lowest BCUT2D eigenvalue weighted by molar-refractivity contribution is 0.317. The Balaban J connectivity index is 1.65. The maximum absolute atomic E-state index is 11.8. The average molecular weight is 479 g/mol. The minimum absolute atomic E-state index is 0.201. The molecule has 0 amide bonds. The second-order valence-electron chi connectivity index (χ2n) is 8.69. The fraction of sp³-hybridized carbons (Fsp3) is 0.308. The highest BCUT2D eigenvalue weighted by Gasteiger charge is 2.25. The van der Waals surface area contributed by atoms with E-state index in [1.54, 1.807) is 6.20 Å². The summed E-state index contributed by atoms with van der Waals surface area (Å²) in [4.78, 5) is 6.58. The van der Waals surface area contributed by atoms with Gasteiger partial charge in [0.25, 0.3) is 0 Å². The highest BCUT2D eigenvalue weighted by molar-refractivity contribution is 7.88. The molecular weight excluding hydrogens is 448 g/mol. The summed E-state index contributed by atoms with van der Waals surface area (Å²) >= 11 is 0. The van der Waals surface area contributed by atoms with E-state index in [2.05, 4.69) is 58.4 Å². The molecule has 4 rings (SSSR count). The summed E-state index contributed by atoms with van der Waals surface area (Å²) in [6.07, 6.45) is 4.88. The van der Waals surface area contributed by atoms with Crippen LogP contribution in [0.2, 0.25) is 0 Å². The SMILES string of the molecule is C/C(=N/O)C(c1ccccc1C)c1ccncc1-c1ccc(N2CCN(S(C)(=O)=O)CC2)cc1. The summed E-state index contributed by atoms with van der Waals surface area (Å²) in [7, 11) is -3.15. The van der Waals surface area contributed by atoms with Gasteiger partial charge >= 0.3 is 0 Å². The Bertz CT molecular complexity index is 1280. The Morgan fingerprint density at radius 2 is 1.68 bits per heavy atom. The van der Waals surface area contributed by atoms with E-state index in [0.717, 1.165) is 33.5 Å². The van der Waals surface area contributed by atoms with Crippen LogP contribution in [-0.4, -0.2) is 61.1 Å². The molecule has 1 unspecified atom stereocenters. The van der Waals surface area contributed by atoms with Crippen molar-refractivity contribution in [3.8, 4) is 11.1 Å². The van der Waals surface area contributed by atoms with Crippen LogP contribution in [0, 0.1) is 6.92 Å². The first-order chi connectivity index (χ1) is 16.3. The summed E-state index contributed by atoms with van der Waals surface area (Å²) in [5, 5.41) is 13.2. The summed E-state index contributed by atoms with van der Waals surface area (Å²) in [5.74, 6) is -0.201. The van der Waals surface area contributed by atoms with Gasteiger partial charge < -0.3 is 10.1 Å². The van der Waals surface area contributed by atoms with E-state index in [-0.39, 0.29) is 5.92 Å². The van der Waals surface area contributed by atoms with Gasteiger partial charge in [0.2, 0.25) is 10.0 Å². The molecule has 1 aliphatic rings. The third-order valence-electron chi connectivity index (χ3n) is 6.49. The number of hydrogen-bond acceptors (Lipinski definition) is 6. The Labute approximate surface area is 201 Å². The Morgan fingerprint density at radius 3 is 2.29 bits per heavy atom. The highest BCUT2D eigenvalue weighted by Crippen LogP contribution is 2.36. The highest BCUT2D eigenvalue weighted by atomic mass is 32.2. The molecule has 1 N–H and O–H groups in total. The van der Waals surface area contributed by atoms with Crippen LogP contribution in [0.1, 0.15) is 29.5 Å². The Kier molecular flexibility index (Phi) is 7.00. The van der Waals surface area contributed by atoms with E-state index in [1.165, 1.54) is 10.6 Å². The fourth-order valence-corrected chi connectivity index (χ4v) is 5.44. The fourth-order valence-electron chi connectivity index (χ4n) is 4.61. The predicted molar refractivity (Wildman–Crippen MR) is 136 cm³/mol. The molecule has 1 atom stereocenters. The lowest BCUT2D eigenvalue weighted by atomic mass is 9.82. The Morgan fingerprint density at radius 1 is 1.00 bits per heavy atom. The molecule has 0 spiro atoms. The first kappa shape index (κ1) is 23.9. The van der Waals surface area contributed by atoms with Gasteiger partial charge in [-0.25, -0.2) is 8.42 Å². The van der Waals surface area contributed by atoms with Crippen LogP contribution >= 0.6 is 0 Å². The number of nitrogens with zero attached hydrogens (tertiary/aromatic N) is 4. The van der Waals surface area contributed by atoms with Gasteiger partial charge in [-0.3, -0.25) is 4.98 Å². The van der Waals surface area contributed by atoms with Crippen LogP contribution in [-0.2, 0) is 10.0 Å². The molecule has 1 aromatic heterocycles. The van der Waals surface area contributed by atoms with Gasteiger partial charge in [0, 0.05) is 49.8 Å². The first-order valence-corrected chi connectivity index (χ1v) is 13.1. The van der Waals surface area contributed by atoms with Crippen LogP contribution in [0.5, 0.6) is 0 Å². The number of rotatable bonds is 6. The van der Waals surface area contributed by atoms with E-state index in [4.69, 9.17) is 0 Å². The van der Waals surface area contributed by atoms with Crippen LogP contribution in [0.25, 0.3) is 11.1 Å². The van der Waals surface area contributed by atoms with Crippen molar-refractivity contribution in [2.24, 2.45) is 5.16 Å². The van der Waals surface area contributed by atoms with Crippen molar-refractivity contribution in [2.45, 2.75) is 19.8 Å². The van der Waals surface area contributed by atoms with E-state index < -0.39 is 10.0 Å². The summed E-state index contributed by atoms with van der Waals surface area (Å²) < 4.78 is 25.1. The molecular formula is C26H30N4O3S. The minimum Gasteiger partial charge on any atom is -0.411 e. The maximum Gasteiger partial charge on any atom is 0.211 e. The van der Waals surface area contributed by atoms with Gasteiger partial charge in [-0.05, 0) is 54.3 Å². The van der Waals surface area contributed by atoms with Crippen LogP contribution in [0.4, 0.5) is 5.69 Å². The molecule has 1 aliphatic heterocycles. The molecule has 34 heavy (non-hydrogen) atoms. The van der Waals surface area contributed by atoms with Gasteiger partial charge in [0.05, 0.1) is 17.9 Å². The Hall–Kier alpha value is -3.23. The van der Waals surface area contributed by atoms with Crippen LogP contribution in [0.3, 0.4) is 0 Å². The van der Waals surface area contributed by atoms with Crippen molar-refractivity contribution in [3.05, 3.63) is 83.7 Å². The number of anilines is 1. The molecule has 3 aromatic rings. The topological polar surface area (TPSA) is 86.1 Å². The number of oxime groups is 1. The van der Waals surface area contributed by atoms with Gasteiger partial charge in [-0.1, -0.05) is 41.6 Å². The van der Waals surface area contributed by atoms with Gasteiger partial charge in [0.1, 0.15) is 0 Å². The normalized spacial score (nSPS) is 16.4. The van der Waals surface area contributed by atoms with Gasteiger partial charge in [-0.2, -0.15) is 4.31 Å². The molecule has 2 aromatic carbocycles. The molecule has 0 saturated carbocycles. The standard InChI is InChI=1S/C26H30N4O3S/c1-19-6-4-5-7-23(19)26(20(2)28-31)24-12-13-27-18-25(24)21-8-10-22(11-9-21)29-14-16-30(17-15-29)34(3,32)33/h4-13,18,26,31H,14-17H2,1-3H3/b28-20-. The number of benzene rings is 2. The zero-order valence-electron chi connectivity index (χ0n) is 19.7. The smallest absolute Gasteiger partial charge is 0.211 e. The molecule has 0 radical (unpaired) electrons. The van der Waals surface area contributed by atoms with E-state index in [1.807, 2.05) is 31.3 Å². The van der Waals surface area contributed by atoms with Crippen LogP contribution in [0.15, 0.2) is 72.1 Å². The molecule has 1 saturated heterocycles. The summed E-state index contributed by atoms with van der Waals surface area (Å²) in [6.45, 7) is 6.20. The molecule has 178 valence electrons. The summed E-state index contributed by atoms with van der Waals surface area (Å²) in [5.41, 5.74) is 6.91. The second-order valence-corrected chi connectivity index (χ2v) is 10.7. The maximum atomic E-state index is 11.8. The molecule has 0 bridgehead atoms. The quantitative estimate of drug-likeness (QED) is 0.327. The number of aryl methyl sites for hydroxylation is 1. The number of piperazine rings is 1. The third-order valence-corrected chi connectivity index (χ3v) is 7.80. The lowest BCUT2D eigenvalue weighted by Gasteiger charge is -2.34. The van der Waals surface area contributed by atoms with Crippen molar-refractivity contribution >= 4 is 21.4 Å². The van der Waals surface area contributed by atoms with E-state index in [0.29, 0.717) is 31.9 Å². The zero-order valence-corrected chi connectivity index (χ0v) is 20.5. The predicted octanol–water partition coefficient (Wildman–Crippen LogP) is 4.12. The average Bonchev–Trinajstić information content (AvgIpc) is 2.85. The largest absolute Gasteiger partial charge is 0.411 e. The first-order valence-electron chi connectivity index (χ1n) is 11.3.